The highest BCUT2D eigenvalue weighted by molar-refractivity contribution is 7.93. The van der Waals surface area contributed by atoms with Gasteiger partial charge in [-0.3, -0.25) is 9.59 Å². The van der Waals surface area contributed by atoms with Crippen LogP contribution in [0.15, 0.2) is 28.6 Å². The molecule has 1 aromatic carbocycles. The molecule has 7 nitrogen and oxygen atoms in total. The van der Waals surface area contributed by atoms with Gasteiger partial charge >= 0.3 is 0 Å². The Labute approximate surface area is 167 Å². The number of nitrogens with one attached hydrogen (secondary N) is 1. The summed E-state index contributed by atoms with van der Waals surface area (Å²) in [5, 5.41) is 12.0. The Morgan fingerprint density at radius 1 is 1.25 bits per heavy atom. The number of ether oxygens (including phenoxy) is 1. The number of hydrogen-bond donors (Lipinski definition) is 2. The number of hydrogen-bond acceptors (Lipinski definition) is 5. The maximum absolute atomic E-state index is 12.9. The number of rotatable bonds is 8. The third kappa shape index (κ3) is 6.91. The van der Waals surface area contributed by atoms with Crippen molar-refractivity contribution >= 4 is 21.5 Å². The van der Waals surface area contributed by atoms with Crippen molar-refractivity contribution in [1.29, 1.82) is 0 Å². The smallest absolute Gasteiger partial charge is 0.276 e. The Bertz CT molecular complexity index is 791. The van der Waals surface area contributed by atoms with Crippen LogP contribution < -0.4 is 5.32 Å². The molecule has 0 saturated heterocycles. The highest BCUT2D eigenvalue weighted by atomic mass is 32.2. The second-order valence-corrected chi connectivity index (χ2v) is 10.1. The Kier molecular flexibility index (Phi) is 8.00. The summed E-state index contributed by atoms with van der Waals surface area (Å²) < 4.78 is 22.3. The molecule has 1 aliphatic carbocycles. The van der Waals surface area contributed by atoms with E-state index in [4.69, 9.17) is 4.74 Å². The first-order chi connectivity index (χ1) is 13.2. The van der Waals surface area contributed by atoms with Crippen LogP contribution >= 0.6 is 0 Å². The molecule has 2 N–H and O–H groups in total. The van der Waals surface area contributed by atoms with Crippen molar-refractivity contribution in [2.75, 3.05) is 12.9 Å². The summed E-state index contributed by atoms with van der Waals surface area (Å²) in [6.07, 6.45) is 5.22. The molecule has 156 valence electrons. The summed E-state index contributed by atoms with van der Waals surface area (Å²) in [6, 6.07) is 5.44. The largest absolute Gasteiger partial charge is 0.508 e. The minimum atomic E-state index is -2.66. The van der Waals surface area contributed by atoms with Crippen LogP contribution in [0.5, 0.6) is 5.75 Å². The standard InChI is InChI=1S/C20H30N2O5S/c1-14(2)27-13-19(24)21-18(12-15-8-10-16(23)11-9-15)20(25)22-28(3,26)17-6-4-5-7-17/h8-11,14,17-18,23H,4-7,12-13H2,1-3H3,(H,21,24)/t18-,28?/m0/s1. The van der Waals surface area contributed by atoms with Gasteiger partial charge in [0.05, 0.1) is 15.8 Å². The molecule has 0 spiro atoms. The van der Waals surface area contributed by atoms with Crippen molar-refractivity contribution in [3.05, 3.63) is 29.8 Å². The van der Waals surface area contributed by atoms with Gasteiger partial charge in [-0.2, -0.15) is 4.36 Å². The third-order valence-corrected chi connectivity index (χ3v) is 7.00. The molecule has 1 aliphatic rings. The molecule has 1 unspecified atom stereocenters. The fraction of sp³-hybridized carbons (Fsp3) is 0.600. The fourth-order valence-corrected chi connectivity index (χ4v) is 5.03. The molecule has 2 atom stereocenters. The van der Waals surface area contributed by atoms with E-state index in [1.165, 1.54) is 18.4 Å². The highest BCUT2D eigenvalue weighted by Gasteiger charge is 2.27. The van der Waals surface area contributed by atoms with Crippen molar-refractivity contribution < 1.29 is 23.6 Å². The lowest BCUT2D eigenvalue weighted by Gasteiger charge is -2.18. The van der Waals surface area contributed by atoms with Crippen LogP contribution in [0, 0.1) is 0 Å². The van der Waals surface area contributed by atoms with Crippen LogP contribution in [0.3, 0.4) is 0 Å². The van der Waals surface area contributed by atoms with Crippen LogP contribution in [-0.4, -0.2) is 51.4 Å². The van der Waals surface area contributed by atoms with E-state index in [0.29, 0.717) is 0 Å². The number of carbonyl (C=O) groups excluding carboxylic acids is 2. The van der Waals surface area contributed by atoms with Crippen molar-refractivity contribution in [2.24, 2.45) is 4.36 Å². The Balaban J connectivity index is 2.18. The molecule has 8 heteroatoms. The van der Waals surface area contributed by atoms with Gasteiger partial charge in [-0.1, -0.05) is 25.0 Å². The van der Waals surface area contributed by atoms with E-state index in [1.807, 2.05) is 13.8 Å². The molecule has 1 saturated carbocycles. The van der Waals surface area contributed by atoms with Crippen LogP contribution in [0.4, 0.5) is 0 Å². The van der Waals surface area contributed by atoms with Gasteiger partial charge in [-0.25, -0.2) is 4.21 Å². The molecule has 0 heterocycles. The first-order valence-electron chi connectivity index (χ1n) is 9.61. The van der Waals surface area contributed by atoms with Crippen molar-refractivity contribution in [2.45, 2.75) is 63.3 Å². The summed E-state index contributed by atoms with van der Waals surface area (Å²) in [7, 11) is -2.66. The number of aromatic hydroxyl groups is 1. The lowest BCUT2D eigenvalue weighted by molar-refractivity contribution is -0.131. The number of phenols is 1. The number of phenolic OH excluding ortho intramolecular Hbond substituents is 1. The zero-order chi connectivity index (χ0) is 20.7. The molecule has 0 bridgehead atoms. The maximum atomic E-state index is 12.9. The van der Waals surface area contributed by atoms with Crippen molar-refractivity contribution in [3.8, 4) is 5.75 Å². The molecule has 28 heavy (non-hydrogen) atoms. The monoisotopic (exact) mass is 410 g/mol. The van der Waals surface area contributed by atoms with Crippen LogP contribution in [-0.2, 0) is 30.5 Å². The van der Waals surface area contributed by atoms with E-state index in [0.717, 1.165) is 31.2 Å². The van der Waals surface area contributed by atoms with Gasteiger partial charge in [0.2, 0.25) is 5.91 Å². The number of amides is 2. The van der Waals surface area contributed by atoms with Crippen LogP contribution in [0.25, 0.3) is 0 Å². The first kappa shape index (κ1) is 22.4. The van der Waals surface area contributed by atoms with E-state index in [9.17, 15) is 18.9 Å². The van der Waals surface area contributed by atoms with Gasteiger partial charge in [-0.05, 0) is 44.4 Å². The van der Waals surface area contributed by atoms with Crippen LogP contribution in [0.1, 0.15) is 45.1 Å². The second kappa shape index (κ2) is 10.0. The zero-order valence-corrected chi connectivity index (χ0v) is 17.5. The fourth-order valence-electron chi connectivity index (χ4n) is 3.19. The maximum Gasteiger partial charge on any atom is 0.276 e. The SMILES string of the molecule is CC(C)OCC(=O)N[C@@H](Cc1ccc(O)cc1)C(=O)N=S(C)(=O)C1CCCC1. The van der Waals surface area contributed by atoms with Crippen molar-refractivity contribution in [1.82, 2.24) is 5.32 Å². The number of carbonyl (C=O) groups is 2. The topological polar surface area (TPSA) is 105 Å². The van der Waals surface area contributed by atoms with Gasteiger partial charge in [-0.15, -0.1) is 0 Å². The summed E-state index contributed by atoms with van der Waals surface area (Å²) in [4.78, 5) is 25.0. The summed E-state index contributed by atoms with van der Waals surface area (Å²) in [5.41, 5.74) is 0.750. The van der Waals surface area contributed by atoms with Gasteiger partial charge in [0.15, 0.2) is 0 Å². The lowest BCUT2D eigenvalue weighted by atomic mass is 10.1. The zero-order valence-electron chi connectivity index (χ0n) is 16.7. The Morgan fingerprint density at radius 3 is 2.43 bits per heavy atom. The molecule has 1 aromatic rings. The summed E-state index contributed by atoms with van der Waals surface area (Å²) in [6.45, 7) is 3.46. The van der Waals surface area contributed by atoms with Crippen LogP contribution in [0.2, 0.25) is 0 Å². The lowest BCUT2D eigenvalue weighted by Crippen LogP contribution is -2.44. The van der Waals surface area contributed by atoms with Gasteiger partial charge in [0.1, 0.15) is 18.4 Å². The first-order valence-corrected chi connectivity index (χ1v) is 11.6. The Hall–Kier alpha value is -1.93. The van der Waals surface area contributed by atoms with E-state index in [2.05, 4.69) is 9.68 Å². The minimum Gasteiger partial charge on any atom is -0.508 e. The molecular formula is C20H30N2O5S. The summed E-state index contributed by atoms with van der Waals surface area (Å²) >= 11 is 0. The molecule has 0 aromatic heterocycles. The minimum absolute atomic E-state index is 0.0780. The third-order valence-electron chi connectivity index (χ3n) is 4.75. The van der Waals surface area contributed by atoms with E-state index in [-0.39, 0.29) is 30.1 Å². The molecule has 0 radical (unpaired) electrons. The molecule has 2 rings (SSSR count). The van der Waals surface area contributed by atoms with E-state index >= 15 is 0 Å². The van der Waals surface area contributed by atoms with Gasteiger partial charge < -0.3 is 15.2 Å². The van der Waals surface area contributed by atoms with E-state index in [1.54, 1.807) is 12.1 Å². The normalized spacial score (nSPS) is 17.9. The van der Waals surface area contributed by atoms with Gasteiger partial charge in [0, 0.05) is 17.9 Å². The van der Waals surface area contributed by atoms with E-state index < -0.39 is 27.6 Å². The quantitative estimate of drug-likeness (QED) is 0.685. The van der Waals surface area contributed by atoms with Gasteiger partial charge in [0.25, 0.3) is 5.91 Å². The average Bonchev–Trinajstić information content (AvgIpc) is 3.16. The summed E-state index contributed by atoms with van der Waals surface area (Å²) in [5.74, 6) is -0.904. The number of nitrogens with zero attached hydrogens (tertiary/aromatic N) is 1. The predicted octanol–water partition coefficient (Wildman–Crippen LogP) is 2.41. The van der Waals surface area contributed by atoms with Crippen molar-refractivity contribution in [3.63, 3.8) is 0 Å². The molecule has 1 fully saturated rings. The predicted molar refractivity (Wildman–Crippen MR) is 109 cm³/mol. The molecule has 0 aliphatic heterocycles. The molecule has 2 amide bonds. The number of benzene rings is 1. The Morgan fingerprint density at radius 2 is 1.86 bits per heavy atom. The highest BCUT2D eigenvalue weighted by Crippen LogP contribution is 2.25. The second-order valence-electron chi connectivity index (χ2n) is 7.55. The average molecular weight is 411 g/mol. The molecular weight excluding hydrogens is 380 g/mol.